The topological polar surface area (TPSA) is 55.6 Å². The molecular weight excluding hydrogens is 276 g/mol. The molecule has 4 heteroatoms. The second-order valence-electron chi connectivity index (χ2n) is 5.82. The molecule has 2 aromatic carbocycles. The monoisotopic (exact) mass is 296 g/mol. The molecule has 1 amide bonds. The van der Waals surface area contributed by atoms with Crippen LogP contribution in [0.1, 0.15) is 19.4 Å². The Labute approximate surface area is 130 Å². The molecule has 1 atom stereocenters. The van der Waals surface area contributed by atoms with Gasteiger partial charge in [0.25, 0.3) is 5.91 Å². The SMILES string of the molecule is CC(C)N1C(=O)C(Cc2ccc(N)cc2)Oc2ccccc21. The van der Waals surface area contributed by atoms with Gasteiger partial charge in [-0.05, 0) is 43.7 Å². The third-order valence-corrected chi connectivity index (χ3v) is 3.82. The van der Waals surface area contributed by atoms with E-state index in [9.17, 15) is 4.79 Å². The van der Waals surface area contributed by atoms with Gasteiger partial charge in [0.05, 0.1) is 5.69 Å². The van der Waals surface area contributed by atoms with Crippen LogP contribution in [0, 0.1) is 0 Å². The molecule has 1 unspecified atom stereocenters. The summed E-state index contributed by atoms with van der Waals surface area (Å²) in [4.78, 5) is 14.6. The zero-order chi connectivity index (χ0) is 15.7. The molecule has 0 aromatic heterocycles. The molecule has 0 saturated carbocycles. The lowest BCUT2D eigenvalue weighted by Crippen LogP contribution is -2.49. The first-order chi connectivity index (χ1) is 10.6. The first kappa shape index (κ1) is 14.4. The predicted octanol–water partition coefficient (Wildman–Crippen LogP) is 3.01. The number of amides is 1. The van der Waals surface area contributed by atoms with Gasteiger partial charge in [0.1, 0.15) is 5.75 Å². The third-order valence-electron chi connectivity index (χ3n) is 3.82. The number of hydrogen-bond acceptors (Lipinski definition) is 3. The Morgan fingerprint density at radius 2 is 1.82 bits per heavy atom. The van der Waals surface area contributed by atoms with Crippen molar-refractivity contribution in [2.75, 3.05) is 10.6 Å². The summed E-state index contributed by atoms with van der Waals surface area (Å²) in [5.74, 6) is 0.766. The standard InChI is InChI=1S/C18H20N2O2/c1-12(2)20-15-5-3-4-6-16(15)22-17(18(20)21)11-13-7-9-14(19)10-8-13/h3-10,12,17H,11,19H2,1-2H3. The number of nitrogens with two attached hydrogens (primary N) is 1. The smallest absolute Gasteiger partial charge is 0.268 e. The zero-order valence-electron chi connectivity index (χ0n) is 12.8. The molecule has 1 aliphatic rings. The number of ether oxygens (including phenoxy) is 1. The molecule has 0 bridgehead atoms. The van der Waals surface area contributed by atoms with Crippen LogP contribution in [0.2, 0.25) is 0 Å². The van der Waals surface area contributed by atoms with E-state index in [-0.39, 0.29) is 11.9 Å². The fourth-order valence-electron chi connectivity index (χ4n) is 2.76. The van der Waals surface area contributed by atoms with Gasteiger partial charge in [-0.2, -0.15) is 0 Å². The van der Waals surface area contributed by atoms with Gasteiger partial charge in [0.15, 0.2) is 6.10 Å². The Balaban J connectivity index is 1.90. The quantitative estimate of drug-likeness (QED) is 0.886. The van der Waals surface area contributed by atoms with E-state index in [0.29, 0.717) is 12.1 Å². The van der Waals surface area contributed by atoms with Gasteiger partial charge in [-0.15, -0.1) is 0 Å². The molecule has 0 aliphatic carbocycles. The van der Waals surface area contributed by atoms with Crippen LogP contribution >= 0.6 is 0 Å². The number of rotatable bonds is 3. The second-order valence-corrected chi connectivity index (χ2v) is 5.82. The normalized spacial score (nSPS) is 17.3. The van der Waals surface area contributed by atoms with Crippen molar-refractivity contribution >= 4 is 17.3 Å². The van der Waals surface area contributed by atoms with Crippen molar-refractivity contribution in [1.29, 1.82) is 0 Å². The molecule has 1 aliphatic heterocycles. The Bertz CT molecular complexity index is 680. The fourth-order valence-corrected chi connectivity index (χ4v) is 2.76. The summed E-state index contributed by atoms with van der Waals surface area (Å²) >= 11 is 0. The molecule has 3 rings (SSSR count). The minimum absolute atomic E-state index is 0.00512. The molecule has 1 heterocycles. The molecular formula is C18H20N2O2. The van der Waals surface area contributed by atoms with Crippen molar-refractivity contribution in [3.8, 4) is 5.75 Å². The molecule has 114 valence electrons. The molecule has 0 saturated heterocycles. The number of hydrogen-bond donors (Lipinski definition) is 1. The van der Waals surface area contributed by atoms with Crippen LogP contribution in [0.5, 0.6) is 5.75 Å². The number of fused-ring (bicyclic) bond motifs is 1. The summed E-state index contributed by atoms with van der Waals surface area (Å²) < 4.78 is 5.94. The van der Waals surface area contributed by atoms with Gasteiger partial charge in [0, 0.05) is 18.2 Å². The van der Waals surface area contributed by atoms with E-state index in [2.05, 4.69) is 0 Å². The van der Waals surface area contributed by atoms with E-state index in [0.717, 1.165) is 17.0 Å². The van der Waals surface area contributed by atoms with E-state index in [1.54, 1.807) is 0 Å². The lowest BCUT2D eigenvalue weighted by molar-refractivity contribution is -0.126. The van der Waals surface area contributed by atoms with E-state index in [4.69, 9.17) is 10.5 Å². The molecule has 4 nitrogen and oxygen atoms in total. The number of nitrogen functional groups attached to an aromatic ring is 1. The fraction of sp³-hybridized carbons (Fsp3) is 0.278. The highest BCUT2D eigenvalue weighted by atomic mass is 16.5. The van der Waals surface area contributed by atoms with Gasteiger partial charge in [-0.1, -0.05) is 24.3 Å². The number of nitrogens with zero attached hydrogens (tertiary/aromatic N) is 1. The minimum atomic E-state index is -0.499. The summed E-state index contributed by atoms with van der Waals surface area (Å²) in [5.41, 5.74) is 8.30. The minimum Gasteiger partial charge on any atom is -0.478 e. The van der Waals surface area contributed by atoms with Crippen LogP contribution in [0.25, 0.3) is 0 Å². The van der Waals surface area contributed by atoms with Gasteiger partial charge in [-0.25, -0.2) is 0 Å². The maximum atomic E-state index is 12.8. The van der Waals surface area contributed by atoms with Gasteiger partial charge in [0.2, 0.25) is 0 Å². The average molecular weight is 296 g/mol. The summed E-state index contributed by atoms with van der Waals surface area (Å²) in [5, 5.41) is 0. The van der Waals surface area contributed by atoms with Crippen molar-refractivity contribution in [3.63, 3.8) is 0 Å². The molecule has 22 heavy (non-hydrogen) atoms. The number of carbonyl (C=O) groups excluding carboxylic acids is 1. The van der Waals surface area contributed by atoms with Crippen LogP contribution in [0.15, 0.2) is 48.5 Å². The number of carbonyl (C=O) groups is 1. The van der Waals surface area contributed by atoms with Gasteiger partial charge in [-0.3, -0.25) is 4.79 Å². The van der Waals surface area contributed by atoms with Crippen LogP contribution in [-0.2, 0) is 11.2 Å². The Kier molecular flexibility index (Phi) is 3.75. The highest BCUT2D eigenvalue weighted by molar-refractivity contribution is 6.00. The number of benzene rings is 2. The second kappa shape index (κ2) is 5.72. The van der Waals surface area contributed by atoms with E-state index < -0.39 is 6.10 Å². The Morgan fingerprint density at radius 1 is 1.14 bits per heavy atom. The van der Waals surface area contributed by atoms with Crippen LogP contribution in [0.4, 0.5) is 11.4 Å². The molecule has 0 radical (unpaired) electrons. The van der Waals surface area contributed by atoms with Crippen LogP contribution in [0.3, 0.4) is 0 Å². The van der Waals surface area contributed by atoms with Gasteiger partial charge < -0.3 is 15.4 Å². The van der Waals surface area contributed by atoms with Crippen molar-refractivity contribution < 1.29 is 9.53 Å². The molecule has 0 spiro atoms. The van der Waals surface area contributed by atoms with E-state index in [1.807, 2.05) is 67.3 Å². The average Bonchev–Trinajstić information content (AvgIpc) is 2.50. The van der Waals surface area contributed by atoms with Gasteiger partial charge >= 0.3 is 0 Å². The highest BCUT2D eigenvalue weighted by Crippen LogP contribution is 2.35. The molecule has 2 aromatic rings. The zero-order valence-corrected chi connectivity index (χ0v) is 12.8. The maximum Gasteiger partial charge on any atom is 0.268 e. The summed E-state index contributed by atoms with van der Waals surface area (Å²) in [6.07, 6.45) is 0.0392. The summed E-state index contributed by atoms with van der Waals surface area (Å²) in [7, 11) is 0. The van der Waals surface area contributed by atoms with Crippen molar-refractivity contribution in [1.82, 2.24) is 0 Å². The van der Waals surface area contributed by atoms with Crippen molar-refractivity contribution in [2.24, 2.45) is 0 Å². The lowest BCUT2D eigenvalue weighted by atomic mass is 10.0. The third kappa shape index (κ3) is 2.64. The largest absolute Gasteiger partial charge is 0.478 e. The van der Waals surface area contributed by atoms with Crippen molar-refractivity contribution in [2.45, 2.75) is 32.4 Å². The molecule has 2 N–H and O–H groups in total. The first-order valence-corrected chi connectivity index (χ1v) is 7.49. The number of para-hydroxylation sites is 2. The predicted molar refractivity (Wildman–Crippen MR) is 88.0 cm³/mol. The van der Waals surface area contributed by atoms with Crippen LogP contribution < -0.4 is 15.4 Å². The lowest BCUT2D eigenvalue weighted by Gasteiger charge is -2.36. The Hall–Kier alpha value is -2.49. The number of anilines is 2. The molecule has 0 fully saturated rings. The maximum absolute atomic E-state index is 12.8. The highest BCUT2D eigenvalue weighted by Gasteiger charge is 2.35. The van der Waals surface area contributed by atoms with E-state index >= 15 is 0 Å². The van der Waals surface area contributed by atoms with Crippen molar-refractivity contribution in [3.05, 3.63) is 54.1 Å². The summed E-state index contributed by atoms with van der Waals surface area (Å²) in [6, 6.07) is 15.3. The Morgan fingerprint density at radius 3 is 2.50 bits per heavy atom. The first-order valence-electron chi connectivity index (χ1n) is 7.49. The summed E-state index contributed by atoms with van der Waals surface area (Å²) in [6.45, 7) is 4.03. The van der Waals surface area contributed by atoms with E-state index in [1.165, 1.54) is 0 Å². The van der Waals surface area contributed by atoms with Crippen LogP contribution in [-0.4, -0.2) is 18.1 Å².